The first-order valence-electron chi connectivity index (χ1n) is 6.85. The van der Waals surface area contributed by atoms with Crippen molar-refractivity contribution >= 4 is 11.8 Å². The van der Waals surface area contributed by atoms with Crippen LogP contribution in [-0.4, -0.2) is 25.0 Å². The van der Waals surface area contributed by atoms with Gasteiger partial charge in [0.25, 0.3) is 0 Å². The standard InChI is InChI=1S/C17H19NS/c1-18-12-10-14-6-5-9-17(16(14)11-13-18)19-15-7-3-2-4-8-15/h2-9H,10-13H2,1H3. The Hall–Kier alpha value is -1.25. The third-order valence-corrected chi connectivity index (χ3v) is 4.82. The van der Waals surface area contributed by atoms with Gasteiger partial charge >= 0.3 is 0 Å². The average molecular weight is 269 g/mol. The molecular formula is C17H19NS. The second kappa shape index (κ2) is 5.81. The minimum Gasteiger partial charge on any atom is -0.306 e. The molecule has 0 amide bonds. The lowest BCUT2D eigenvalue weighted by Gasteiger charge is -2.12. The van der Waals surface area contributed by atoms with Crippen molar-refractivity contribution in [2.24, 2.45) is 0 Å². The van der Waals surface area contributed by atoms with Gasteiger partial charge < -0.3 is 4.90 Å². The Morgan fingerprint density at radius 2 is 1.68 bits per heavy atom. The second-order valence-electron chi connectivity index (χ2n) is 5.11. The van der Waals surface area contributed by atoms with E-state index in [2.05, 4.69) is 60.5 Å². The summed E-state index contributed by atoms with van der Waals surface area (Å²) in [6, 6.07) is 17.4. The fourth-order valence-electron chi connectivity index (χ4n) is 2.57. The number of hydrogen-bond acceptors (Lipinski definition) is 2. The van der Waals surface area contributed by atoms with Crippen LogP contribution in [0.1, 0.15) is 11.1 Å². The van der Waals surface area contributed by atoms with Gasteiger partial charge in [-0.25, -0.2) is 0 Å². The molecule has 2 aromatic rings. The maximum atomic E-state index is 2.43. The third-order valence-electron chi connectivity index (χ3n) is 3.71. The maximum Gasteiger partial charge on any atom is 0.0157 e. The molecular weight excluding hydrogens is 250 g/mol. The van der Waals surface area contributed by atoms with Crippen molar-refractivity contribution < 1.29 is 0 Å². The van der Waals surface area contributed by atoms with Gasteiger partial charge in [-0.1, -0.05) is 42.1 Å². The predicted octanol–water partition coefficient (Wildman–Crippen LogP) is 3.87. The first kappa shape index (κ1) is 12.8. The predicted molar refractivity (Wildman–Crippen MR) is 81.9 cm³/mol. The van der Waals surface area contributed by atoms with E-state index in [1.165, 1.54) is 41.3 Å². The molecule has 0 radical (unpaired) electrons. The summed E-state index contributed by atoms with van der Waals surface area (Å²) in [7, 11) is 2.22. The molecule has 1 aliphatic rings. The van der Waals surface area contributed by atoms with E-state index in [1.54, 1.807) is 5.56 Å². The van der Waals surface area contributed by atoms with Gasteiger partial charge in [0.05, 0.1) is 0 Å². The van der Waals surface area contributed by atoms with E-state index in [-0.39, 0.29) is 0 Å². The van der Waals surface area contributed by atoms with Crippen molar-refractivity contribution in [3.05, 3.63) is 59.7 Å². The molecule has 2 aromatic carbocycles. The number of fused-ring (bicyclic) bond motifs is 1. The molecule has 0 aliphatic carbocycles. The topological polar surface area (TPSA) is 3.24 Å². The Morgan fingerprint density at radius 3 is 2.53 bits per heavy atom. The zero-order chi connectivity index (χ0) is 13.1. The van der Waals surface area contributed by atoms with Gasteiger partial charge in [0.1, 0.15) is 0 Å². The molecule has 98 valence electrons. The molecule has 1 heterocycles. The van der Waals surface area contributed by atoms with Crippen molar-refractivity contribution in [1.82, 2.24) is 4.90 Å². The molecule has 0 saturated heterocycles. The molecule has 3 rings (SSSR count). The van der Waals surface area contributed by atoms with Crippen LogP contribution >= 0.6 is 11.8 Å². The Bertz CT molecular complexity index is 550. The fraction of sp³-hybridized carbons (Fsp3) is 0.294. The molecule has 1 nitrogen and oxygen atoms in total. The van der Waals surface area contributed by atoms with E-state index in [4.69, 9.17) is 0 Å². The van der Waals surface area contributed by atoms with Gasteiger partial charge in [-0.05, 0) is 49.2 Å². The summed E-state index contributed by atoms with van der Waals surface area (Å²) in [6.45, 7) is 2.34. The van der Waals surface area contributed by atoms with E-state index in [1.807, 2.05) is 11.8 Å². The highest BCUT2D eigenvalue weighted by Gasteiger charge is 2.14. The number of hydrogen-bond donors (Lipinski definition) is 0. The van der Waals surface area contributed by atoms with Gasteiger partial charge in [-0.3, -0.25) is 0 Å². The number of nitrogens with zero attached hydrogens (tertiary/aromatic N) is 1. The van der Waals surface area contributed by atoms with Gasteiger partial charge in [-0.15, -0.1) is 0 Å². The Morgan fingerprint density at radius 1 is 0.895 bits per heavy atom. The van der Waals surface area contributed by atoms with Crippen molar-refractivity contribution in [2.75, 3.05) is 20.1 Å². The maximum absolute atomic E-state index is 2.43. The van der Waals surface area contributed by atoms with Gasteiger partial charge in [0.15, 0.2) is 0 Å². The highest BCUT2D eigenvalue weighted by molar-refractivity contribution is 7.99. The van der Waals surface area contributed by atoms with Crippen LogP contribution < -0.4 is 0 Å². The molecule has 0 atom stereocenters. The molecule has 19 heavy (non-hydrogen) atoms. The molecule has 0 bridgehead atoms. The largest absolute Gasteiger partial charge is 0.306 e. The first-order valence-corrected chi connectivity index (χ1v) is 7.67. The van der Waals surface area contributed by atoms with E-state index in [0.717, 1.165) is 0 Å². The van der Waals surface area contributed by atoms with Gasteiger partial charge in [0.2, 0.25) is 0 Å². The second-order valence-corrected chi connectivity index (χ2v) is 6.23. The zero-order valence-corrected chi connectivity index (χ0v) is 12.1. The summed E-state index contributed by atoms with van der Waals surface area (Å²) in [5.74, 6) is 0. The van der Waals surface area contributed by atoms with E-state index < -0.39 is 0 Å². The summed E-state index contributed by atoms with van der Waals surface area (Å²) in [6.07, 6.45) is 2.34. The van der Waals surface area contributed by atoms with Crippen LogP contribution in [0.25, 0.3) is 0 Å². The Kier molecular flexibility index (Phi) is 3.90. The molecule has 0 unspecified atom stereocenters. The lowest BCUT2D eigenvalue weighted by atomic mass is 10.0. The fourth-order valence-corrected chi connectivity index (χ4v) is 3.62. The summed E-state index contributed by atoms with van der Waals surface area (Å²) in [5, 5.41) is 0. The van der Waals surface area contributed by atoms with Crippen LogP contribution in [0.3, 0.4) is 0 Å². The molecule has 0 saturated carbocycles. The summed E-state index contributed by atoms with van der Waals surface area (Å²) in [5.41, 5.74) is 3.09. The van der Waals surface area contributed by atoms with Crippen LogP contribution in [0.4, 0.5) is 0 Å². The van der Waals surface area contributed by atoms with Crippen molar-refractivity contribution in [3.8, 4) is 0 Å². The SMILES string of the molecule is CN1CCc2cccc(Sc3ccccc3)c2CC1. The molecule has 0 spiro atoms. The van der Waals surface area contributed by atoms with Crippen LogP contribution in [0.5, 0.6) is 0 Å². The zero-order valence-electron chi connectivity index (χ0n) is 11.3. The number of benzene rings is 2. The lowest BCUT2D eigenvalue weighted by molar-refractivity contribution is 0.352. The van der Waals surface area contributed by atoms with Crippen LogP contribution in [0.15, 0.2) is 58.3 Å². The molecule has 1 aliphatic heterocycles. The van der Waals surface area contributed by atoms with Crippen LogP contribution in [0.2, 0.25) is 0 Å². The van der Waals surface area contributed by atoms with Crippen LogP contribution in [0, 0.1) is 0 Å². The summed E-state index contributed by atoms with van der Waals surface area (Å²) in [4.78, 5) is 5.18. The summed E-state index contributed by atoms with van der Waals surface area (Å²) < 4.78 is 0. The number of rotatable bonds is 2. The van der Waals surface area contributed by atoms with Crippen molar-refractivity contribution in [3.63, 3.8) is 0 Å². The van der Waals surface area contributed by atoms with Gasteiger partial charge in [0, 0.05) is 22.9 Å². The van der Waals surface area contributed by atoms with E-state index in [0.29, 0.717) is 0 Å². The third kappa shape index (κ3) is 3.02. The normalized spacial score (nSPS) is 15.8. The quantitative estimate of drug-likeness (QED) is 0.814. The Balaban J connectivity index is 1.91. The minimum atomic E-state index is 1.17. The van der Waals surface area contributed by atoms with Crippen LogP contribution in [-0.2, 0) is 12.8 Å². The Labute approximate surface area is 119 Å². The number of likely N-dealkylation sites (N-methyl/N-ethyl adjacent to an activating group) is 1. The monoisotopic (exact) mass is 269 g/mol. The lowest BCUT2D eigenvalue weighted by Crippen LogP contribution is -2.20. The first-order chi connectivity index (χ1) is 9.33. The van der Waals surface area contributed by atoms with Gasteiger partial charge in [-0.2, -0.15) is 0 Å². The minimum absolute atomic E-state index is 1.17. The highest BCUT2D eigenvalue weighted by atomic mass is 32.2. The van der Waals surface area contributed by atoms with Crippen molar-refractivity contribution in [2.45, 2.75) is 22.6 Å². The highest BCUT2D eigenvalue weighted by Crippen LogP contribution is 2.33. The molecule has 2 heteroatoms. The molecule has 0 fully saturated rings. The summed E-state index contributed by atoms with van der Waals surface area (Å²) >= 11 is 1.89. The smallest absolute Gasteiger partial charge is 0.0157 e. The molecule has 0 N–H and O–H groups in total. The van der Waals surface area contributed by atoms with Crippen molar-refractivity contribution in [1.29, 1.82) is 0 Å². The van der Waals surface area contributed by atoms with E-state index in [9.17, 15) is 0 Å². The molecule has 0 aromatic heterocycles. The van der Waals surface area contributed by atoms with E-state index >= 15 is 0 Å². The average Bonchev–Trinajstić information content (AvgIpc) is 2.63.